The van der Waals surface area contributed by atoms with Crippen LogP contribution >= 0.6 is 0 Å². The summed E-state index contributed by atoms with van der Waals surface area (Å²) in [4.78, 5) is 2.41. The van der Waals surface area contributed by atoms with Crippen molar-refractivity contribution in [1.82, 2.24) is 4.90 Å². The maximum atomic E-state index is 5.60. The molecule has 1 aliphatic rings. The monoisotopic (exact) mass is 202 g/mol. The fourth-order valence-electron chi connectivity index (χ4n) is 1.93. The molecule has 4 heteroatoms. The van der Waals surface area contributed by atoms with Gasteiger partial charge in [0.2, 0.25) is 0 Å². The van der Waals surface area contributed by atoms with Crippen LogP contribution in [0.2, 0.25) is 0 Å². The van der Waals surface area contributed by atoms with Crippen LogP contribution in [0.25, 0.3) is 0 Å². The quantitative estimate of drug-likeness (QED) is 0.701. The number of rotatable bonds is 4. The largest absolute Gasteiger partial charge is 0.383 e. The van der Waals surface area contributed by atoms with Crippen molar-refractivity contribution in [3.8, 4) is 0 Å². The van der Waals surface area contributed by atoms with E-state index in [-0.39, 0.29) is 6.10 Å². The van der Waals surface area contributed by atoms with Gasteiger partial charge in [0.15, 0.2) is 0 Å². The van der Waals surface area contributed by atoms with Crippen LogP contribution in [0, 0.1) is 0 Å². The molecule has 0 bridgehead atoms. The van der Waals surface area contributed by atoms with Gasteiger partial charge in [0.05, 0.1) is 19.3 Å². The molecule has 1 fully saturated rings. The lowest BCUT2D eigenvalue weighted by Crippen LogP contribution is -2.54. The molecule has 2 N–H and O–H groups in total. The number of methoxy groups -OCH3 is 1. The minimum atomic E-state index is 0.186. The van der Waals surface area contributed by atoms with Crippen LogP contribution in [-0.4, -0.2) is 56.5 Å². The van der Waals surface area contributed by atoms with Crippen LogP contribution in [0.15, 0.2) is 0 Å². The topological polar surface area (TPSA) is 47.7 Å². The lowest BCUT2D eigenvalue weighted by molar-refractivity contribution is -0.0759. The van der Waals surface area contributed by atoms with Crippen LogP contribution in [0.5, 0.6) is 0 Å². The summed E-state index contributed by atoms with van der Waals surface area (Å²) in [7, 11) is 1.74. The van der Waals surface area contributed by atoms with Crippen LogP contribution < -0.4 is 5.73 Å². The number of nitrogens with zero attached hydrogens (tertiary/aromatic N) is 1. The molecule has 1 aliphatic heterocycles. The van der Waals surface area contributed by atoms with Gasteiger partial charge in [-0.25, -0.2) is 0 Å². The number of ether oxygens (including phenoxy) is 2. The lowest BCUT2D eigenvalue weighted by Gasteiger charge is -2.41. The molecule has 3 unspecified atom stereocenters. The van der Waals surface area contributed by atoms with Gasteiger partial charge in [-0.2, -0.15) is 0 Å². The van der Waals surface area contributed by atoms with Crippen molar-refractivity contribution in [3.05, 3.63) is 0 Å². The smallest absolute Gasteiger partial charge is 0.0824 e. The van der Waals surface area contributed by atoms with Crippen molar-refractivity contribution in [3.63, 3.8) is 0 Å². The molecule has 0 aromatic rings. The average molecular weight is 202 g/mol. The van der Waals surface area contributed by atoms with E-state index in [0.29, 0.717) is 18.6 Å². The van der Waals surface area contributed by atoms with Gasteiger partial charge in [0.1, 0.15) is 0 Å². The highest BCUT2D eigenvalue weighted by atomic mass is 16.5. The fraction of sp³-hybridized carbons (Fsp3) is 1.00. The van der Waals surface area contributed by atoms with Crippen molar-refractivity contribution in [2.24, 2.45) is 5.73 Å². The summed E-state index contributed by atoms with van der Waals surface area (Å²) >= 11 is 0. The van der Waals surface area contributed by atoms with Crippen LogP contribution in [0.4, 0.5) is 0 Å². The molecule has 4 nitrogen and oxygen atoms in total. The third-order valence-corrected chi connectivity index (χ3v) is 2.79. The number of hydrogen-bond donors (Lipinski definition) is 1. The molecule has 0 saturated carbocycles. The molecular weight excluding hydrogens is 180 g/mol. The number of nitrogens with two attached hydrogens (primary N) is 1. The predicted octanol–water partition coefficient (Wildman–Crippen LogP) is 0.0693. The molecule has 0 aromatic heterocycles. The first kappa shape index (κ1) is 11.9. The van der Waals surface area contributed by atoms with Crippen molar-refractivity contribution in [2.45, 2.75) is 32.0 Å². The normalized spacial score (nSPS) is 31.7. The molecule has 14 heavy (non-hydrogen) atoms. The Morgan fingerprint density at radius 1 is 1.64 bits per heavy atom. The Bertz CT molecular complexity index is 166. The Labute approximate surface area is 86.3 Å². The maximum Gasteiger partial charge on any atom is 0.0824 e. The summed E-state index contributed by atoms with van der Waals surface area (Å²) in [6.07, 6.45) is 0.186. The zero-order valence-corrected chi connectivity index (χ0v) is 9.40. The molecule has 1 rings (SSSR count). The summed E-state index contributed by atoms with van der Waals surface area (Å²) in [6, 6.07) is 0.899. The van der Waals surface area contributed by atoms with Crippen molar-refractivity contribution in [1.29, 1.82) is 0 Å². The Balaban J connectivity index is 2.46. The van der Waals surface area contributed by atoms with Crippen LogP contribution in [0.3, 0.4) is 0 Å². The Morgan fingerprint density at radius 3 is 2.93 bits per heavy atom. The Hall–Kier alpha value is -0.160. The molecule has 1 saturated heterocycles. The average Bonchev–Trinajstić information content (AvgIpc) is 2.19. The Morgan fingerprint density at radius 2 is 2.36 bits per heavy atom. The zero-order valence-electron chi connectivity index (χ0n) is 9.40. The van der Waals surface area contributed by atoms with Crippen LogP contribution in [0.1, 0.15) is 13.8 Å². The molecule has 3 atom stereocenters. The lowest BCUT2D eigenvalue weighted by atomic mass is 10.1. The third kappa shape index (κ3) is 2.92. The second-order valence-corrected chi connectivity index (χ2v) is 4.04. The van der Waals surface area contributed by atoms with Gasteiger partial charge < -0.3 is 15.2 Å². The van der Waals surface area contributed by atoms with E-state index in [9.17, 15) is 0 Å². The highest BCUT2D eigenvalue weighted by molar-refractivity contribution is 4.81. The molecule has 84 valence electrons. The van der Waals surface area contributed by atoms with E-state index in [4.69, 9.17) is 15.2 Å². The molecule has 0 amide bonds. The number of morpholine rings is 1. The van der Waals surface area contributed by atoms with E-state index in [0.717, 1.165) is 19.8 Å². The second-order valence-electron chi connectivity index (χ2n) is 4.04. The maximum absolute atomic E-state index is 5.60. The summed E-state index contributed by atoms with van der Waals surface area (Å²) < 4.78 is 10.8. The zero-order chi connectivity index (χ0) is 10.6. The van der Waals surface area contributed by atoms with Gasteiger partial charge in [-0.15, -0.1) is 0 Å². The number of hydrogen-bond acceptors (Lipinski definition) is 4. The van der Waals surface area contributed by atoms with Crippen molar-refractivity contribution in [2.75, 3.05) is 33.4 Å². The molecular formula is C10H22N2O2. The van der Waals surface area contributed by atoms with Gasteiger partial charge in [-0.1, -0.05) is 0 Å². The third-order valence-electron chi connectivity index (χ3n) is 2.79. The minimum absolute atomic E-state index is 0.186. The predicted molar refractivity (Wildman–Crippen MR) is 56.3 cm³/mol. The highest BCUT2D eigenvalue weighted by Crippen LogP contribution is 2.14. The van der Waals surface area contributed by atoms with E-state index in [2.05, 4.69) is 18.7 Å². The molecule has 0 radical (unpaired) electrons. The minimum Gasteiger partial charge on any atom is -0.383 e. The van der Waals surface area contributed by atoms with Gasteiger partial charge in [0.25, 0.3) is 0 Å². The second kappa shape index (κ2) is 5.66. The highest BCUT2D eigenvalue weighted by Gasteiger charge is 2.28. The van der Waals surface area contributed by atoms with E-state index in [1.807, 2.05) is 0 Å². The van der Waals surface area contributed by atoms with Gasteiger partial charge >= 0.3 is 0 Å². The first-order valence-electron chi connectivity index (χ1n) is 5.25. The fourth-order valence-corrected chi connectivity index (χ4v) is 1.93. The standard InChI is InChI=1S/C10H22N2O2/c1-8(6-13-3)12-5-10(4-11)14-7-9(12)2/h8-10H,4-7,11H2,1-3H3. The first-order valence-corrected chi connectivity index (χ1v) is 5.25. The van der Waals surface area contributed by atoms with Gasteiger partial charge in [-0.05, 0) is 13.8 Å². The summed E-state index contributed by atoms with van der Waals surface area (Å²) in [5.41, 5.74) is 5.60. The summed E-state index contributed by atoms with van der Waals surface area (Å²) in [5, 5.41) is 0. The van der Waals surface area contributed by atoms with E-state index >= 15 is 0 Å². The molecule has 0 aromatic carbocycles. The van der Waals surface area contributed by atoms with Crippen molar-refractivity contribution < 1.29 is 9.47 Å². The molecule has 0 aliphatic carbocycles. The van der Waals surface area contributed by atoms with Crippen molar-refractivity contribution >= 4 is 0 Å². The van der Waals surface area contributed by atoms with E-state index in [1.54, 1.807) is 7.11 Å². The summed E-state index contributed by atoms with van der Waals surface area (Å²) in [5.74, 6) is 0. The SMILES string of the molecule is COCC(C)N1CC(CN)OCC1C. The van der Waals surface area contributed by atoms with Gasteiger partial charge in [-0.3, -0.25) is 4.90 Å². The van der Waals surface area contributed by atoms with E-state index < -0.39 is 0 Å². The summed E-state index contributed by atoms with van der Waals surface area (Å²) in [6.45, 7) is 7.42. The Kier molecular flexibility index (Phi) is 4.81. The molecule has 1 heterocycles. The van der Waals surface area contributed by atoms with Gasteiger partial charge in [0, 0.05) is 32.3 Å². The van der Waals surface area contributed by atoms with Crippen LogP contribution in [-0.2, 0) is 9.47 Å². The first-order chi connectivity index (χ1) is 6.69. The molecule has 0 spiro atoms. The van der Waals surface area contributed by atoms with E-state index in [1.165, 1.54) is 0 Å².